The van der Waals surface area contributed by atoms with Crippen molar-refractivity contribution < 1.29 is 9.47 Å². The van der Waals surface area contributed by atoms with Gasteiger partial charge in [-0.2, -0.15) is 0 Å². The van der Waals surface area contributed by atoms with E-state index in [4.69, 9.17) is 9.47 Å². The van der Waals surface area contributed by atoms with Crippen LogP contribution in [-0.4, -0.2) is 55.3 Å². The first kappa shape index (κ1) is 15.7. The van der Waals surface area contributed by atoms with E-state index in [0.717, 1.165) is 55.0 Å². The van der Waals surface area contributed by atoms with E-state index in [1.807, 2.05) is 0 Å². The zero-order valence-electron chi connectivity index (χ0n) is 14.6. The van der Waals surface area contributed by atoms with Crippen LogP contribution in [0, 0.1) is 5.92 Å². The van der Waals surface area contributed by atoms with Crippen LogP contribution in [0.1, 0.15) is 31.1 Å². The standard InChI is InChI=1S/C20H26N3O2/c1(6-23-7-4-14-12-19(14)23)8-24-16-2-3-17-15(10-16)11-18(22-17)20-13-21-5-9-25-20/h2-3,10-11,14,19-20,22H,1,4-9,12-13H2. The van der Waals surface area contributed by atoms with Gasteiger partial charge < -0.3 is 14.5 Å². The molecule has 1 radical (unpaired) electrons. The lowest BCUT2D eigenvalue weighted by molar-refractivity contribution is 0.0239. The molecule has 133 valence electrons. The number of H-pyrrole nitrogens is 1. The molecule has 1 aromatic heterocycles. The van der Waals surface area contributed by atoms with Crippen molar-refractivity contribution in [3.63, 3.8) is 0 Å². The number of nitrogens with one attached hydrogen (secondary N) is 1. The second-order valence-electron chi connectivity index (χ2n) is 7.55. The molecule has 1 saturated carbocycles. The number of piperidine rings is 1. The summed E-state index contributed by atoms with van der Waals surface area (Å²) in [5, 5.41) is 5.62. The molecule has 0 spiro atoms. The third-order valence-corrected chi connectivity index (χ3v) is 5.82. The third-order valence-electron chi connectivity index (χ3n) is 5.82. The van der Waals surface area contributed by atoms with E-state index in [2.05, 4.69) is 39.5 Å². The lowest BCUT2D eigenvalue weighted by atomic mass is 10.2. The lowest BCUT2D eigenvalue weighted by Crippen LogP contribution is -2.28. The molecule has 3 unspecified atom stereocenters. The second kappa shape index (κ2) is 6.63. The Hall–Kier alpha value is -1.56. The number of likely N-dealkylation sites (tertiary alicyclic amines) is 1. The van der Waals surface area contributed by atoms with E-state index in [1.54, 1.807) is 0 Å². The summed E-state index contributed by atoms with van der Waals surface area (Å²) < 4.78 is 11.8. The smallest absolute Gasteiger partial charge is 0.120 e. The molecule has 3 atom stereocenters. The van der Waals surface area contributed by atoms with Crippen LogP contribution in [0.5, 0.6) is 5.75 Å². The minimum absolute atomic E-state index is 0.0669. The summed E-state index contributed by atoms with van der Waals surface area (Å²) in [6.45, 7) is 5.54. The number of morpholine rings is 1. The summed E-state index contributed by atoms with van der Waals surface area (Å²) in [7, 11) is 0. The first-order valence-corrected chi connectivity index (χ1v) is 9.61. The summed E-state index contributed by atoms with van der Waals surface area (Å²) in [5.41, 5.74) is 2.25. The molecule has 0 amide bonds. The maximum absolute atomic E-state index is 5.99. The van der Waals surface area contributed by atoms with E-state index >= 15 is 0 Å². The average molecular weight is 340 g/mol. The minimum atomic E-state index is 0.0669. The molecule has 1 aromatic carbocycles. The number of rotatable bonds is 6. The molecule has 5 nitrogen and oxygen atoms in total. The van der Waals surface area contributed by atoms with Gasteiger partial charge in [0.2, 0.25) is 0 Å². The van der Waals surface area contributed by atoms with Crippen molar-refractivity contribution in [1.82, 2.24) is 15.2 Å². The molecular weight excluding hydrogens is 314 g/mol. The maximum atomic E-state index is 5.99. The van der Waals surface area contributed by atoms with Crippen LogP contribution < -0.4 is 10.1 Å². The van der Waals surface area contributed by atoms with E-state index in [9.17, 15) is 0 Å². The van der Waals surface area contributed by atoms with Gasteiger partial charge in [-0.3, -0.25) is 4.90 Å². The fourth-order valence-electron chi connectivity index (χ4n) is 4.33. The van der Waals surface area contributed by atoms with Crippen LogP contribution >= 0.6 is 0 Å². The molecule has 3 heterocycles. The predicted molar refractivity (Wildman–Crippen MR) is 97.1 cm³/mol. The number of hydrogen-bond donors (Lipinski definition) is 1. The number of aromatic amines is 1. The van der Waals surface area contributed by atoms with Crippen molar-refractivity contribution in [2.24, 2.45) is 5.92 Å². The van der Waals surface area contributed by atoms with Crippen LogP contribution in [0.15, 0.2) is 24.3 Å². The fourth-order valence-corrected chi connectivity index (χ4v) is 4.33. The Morgan fingerprint density at radius 3 is 3.12 bits per heavy atom. The van der Waals surface area contributed by atoms with Gasteiger partial charge in [-0.25, -0.2) is 5.32 Å². The Morgan fingerprint density at radius 2 is 2.32 bits per heavy atom. The summed E-state index contributed by atoms with van der Waals surface area (Å²) in [6, 6.07) is 9.36. The zero-order valence-corrected chi connectivity index (χ0v) is 14.6. The van der Waals surface area contributed by atoms with Gasteiger partial charge >= 0.3 is 0 Å². The number of nitrogens with zero attached hydrogens (tertiary/aromatic N) is 2. The third kappa shape index (κ3) is 3.28. The molecular formula is C20H26N3O2. The number of fused-ring (bicyclic) bond motifs is 2. The van der Waals surface area contributed by atoms with Crippen LogP contribution in [0.2, 0.25) is 0 Å². The molecule has 3 aliphatic rings. The highest BCUT2D eigenvalue weighted by Crippen LogP contribution is 2.44. The Morgan fingerprint density at radius 1 is 1.32 bits per heavy atom. The van der Waals surface area contributed by atoms with E-state index in [-0.39, 0.29) is 6.10 Å². The van der Waals surface area contributed by atoms with E-state index < -0.39 is 0 Å². The van der Waals surface area contributed by atoms with Crippen molar-refractivity contribution in [1.29, 1.82) is 0 Å². The van der Waals surface area contributed by atoms with Crippen LogP contribution in [0.25, 0.3) is 10.9 Å². The lowest BCUT2D eigenvalue weighted by Gasteiger charge is -2.21. The van der Waals surface area contributed by atoms with Crippen molar-refractivity contribution in [3.8, 4) is 5.75 Å². The number of benzene rings is 1. The first-order valence-electron chi connectivity index (χ1n) is 9.61. The van der Waals surface area contributed by atoms with Gasteiger partial charge in [-0.05, 0) is 56.0 Å². The molecule has 1 N–H and O–H groups in total. The number of ether oxygens (including phenoxy) is 2. The molecule has 5 heteroatoms. The SMILES string of the molecule is c1cc2[nH]c(C3C[N]CCO3)cc2cc1OCCCN1CCC2CC21. The van der Waals surface area contributed by atoms with Gasteiger partial charge in [0.1, 0.15) is 11.9 Å². The Kier molecular flexibility index (Phi) is 4.16. The largest absolute Gasteiger partial charge is 0.494 e. The molecule has 1 aliphatic carbocycles. The number of hydrogen-bond acceptors (Lipinski definition) is 3. The Balaban J connectivity index is 1.17. The predicted octanol–water partition coefficient (Wildman–Crippen LogP) is 2.71. The zero-order chi connectivity index (χ0) is 16.6. The van der Waals surface area contributed by atoms with E-state index in [1.165, 1.54) is 31.3 Å². The van der Waals surface area contributed by atoms with Gasteiger partial charge in [0.25, 0.3) is 0 Å². The van der Waals surface area contributed by atoms with Gasteiger partial charge in [0.15, 0.2) is 0 Å². The first-order chi connectivity index (χ1) is 12.4. The highest BCUT2D eigenvalue weighted by Gasteiger charge is 2.46. The fraction of sp³-hybridized carbons (Fsp3) is 0.600. The highest BCUT2D eigenvalue weighted by atomic mass is 16.5. The van der Waals surface area contributed by atoms with Crippen molar-refractivity contribution >= 4 is 10.9 Å². The van der Waals surface area contributed by atoms with Crippen molar-refractivity contribution in [3.05, 3.63) is 30.0 Å². The highest BCUT2D eigenvalue weighted by molar-refractivity contribution is 5.82. The normalized spacial score (nSPS) is 29.0. The van der Waals surface area contributed by atoms with Gasteiger partial charge in [0.05, 0.1) is 13.2 Å². The van der Waals surface area contributed by atoms with Gasteiger partial charge in [-0.1, -0.05) is 0 Å². The molecule has 2 aromatic rings. The molecule has 2 aliphatic heterocycles. The summed E-state index contributed by atoms with van der Waals surface area (Å²) in [6.07, 6.45) is 4.02. The second-order valence-corrected chi connectivity index (χ2v) is 7.55. The van der Waals surface area contributed by atoms with Crippen molar-refractivity contribution in [2.75, 3.05) is 39.4 Å². The topological polar surface area (TPSA) is 51.6 Å². The number of aromatic nitrogens is 1. The summed E-state index contributed by atoms with van der Waals surface area (Å²) in [4.78, 5) is 6.10. The molecule has 2 saturated heterocycles. The summed E-state index contributed by atoms with van der Waals surface area (Å²) in [5.74, 6) is 1.98. The Bertz CT molecular complexity index is 738. The molecule has 25 heavy (non-hydrogen) atoms. The monoisotopic (exact) mass is 340 g/mol. The Labute approximate surface area is 148 Å². The molecule has 3 fully saturated rings. The van der Waals surface area contributed by atoms with E-state index in [0.29, 0.717) is 6.61 Å². The van der Waals surface area contributed by atoms with Crippen LogP contribution in [0.3, 0.4) is 0 Å². The van der Waals surface area contributed by atoms with Gasteiger partial charge in [0, 0.05) is 42.3 Å². The quantitative estimate of drug-likeness (QED) is 0.823. The molecule has 5 rings (SSSR count). The average Bonchev–Trinajstić information content (AvgIpc) is 3.13. The van der Waals surface area contributed by atoms with Gasteiger partial charge in [-0.15, -0.1) is 0 Å². The van der Waals surface area contributed by atoms with Crippen LogP contribution in [-0.2, 0) is 4.74 Å². The maximum Gasteiger partial charge on any atom is 0.120 e. The van der Waals surface area contributed by atoms with Crippen LogP contribution in [0.4, 0.5) is 0 Å². The van der Waals surface area contributed by atoms with Crippen molar-refractivity contribution in [2.45, 2.75) is 31.4 Å². The summed E-state index contributed by atoms with van der Waals surface area (Å²) >= 11 is 0. The molecule has 0 bridgehead atoms. The minimum Gasteiger partial charge on any atom is -0.494 e.